The fourth-order valence-corrected chi connectivity index (χ4v) is 3.83. The van der Waals surface area contributed by atoms with Crippen LogP contribution in [0.15, 0.2) is 18.2 Å². The first-order chi connectivity index (χ1) is 15.8. The number of nitrogens with one attached hydrogen (secondary N) is 1. The van der Waals surface area contributed by atoms with Gasteiger partial charge in [0.1, 0.15) is 11.6 Å². The molecule has 1 saturated heterocycles. The lowest BCUT2D eigenvalue weighted by atomic mass is 10.1. The van der Waals surface area contributed by atoms with Crippen molar-refractivity contribution in [2.45, 2.75) is 33.2 Å². The number of methoxy groups -OCH3 is 3. The van der Waals surface area contributed by atoms with Crippen LogP contribution in [-0.2, 0) is 11.3 Å². The molecule has 33 heavy (non-hydrogen) atoms. The molecule has 0 unspecified atom stereocenters. The lowest BCUT2D eigenvalue weighted by Gasteiger charge is -2.35. The van der Waals surface area contributed by atoms with Crippen LogP contribution in [0.5, 0.6) is 17.2 Å². The Morgan fingerprint density at radius 3 is 2.18 bits per heavy atom. The Labute approximate surface area is 196 Å². The first-order valence-corrected chi connectivity index (χ1v) is 11.2. The number of hydrogen-bond acceptors (Lipinski definition) is 8. The molecular weight excluding hydrogens is 422 g/mol. The molecule has 1 aromatic carbocycles. The summed E-state index contributed by atoms with van der Waals surface area (Å²) < 4.78 is 16.1. The number of amides is 1. The van der Waals surface area contributed by atoms with E-state index in [2.05, 4.69) is 33.9 Å². The molecule has 0 aliphatic carbocycles. The number of aromatic nitrogens is 2. The smallest absolute Gasteiger partial charge is 0.234 e. The van der Waals surface area contributed by atoms with Crippen LogP contribution in [-0.4, -0.2) is 74.8 Å². The minimum absolute atomic E-state index is 0.0165. The van der Waals surface area contributed by atoms with E-state index < -0.39 is 0 Å². The molecule has 0 saturated carbocycles. The number of carbonyl (C=O) groups excluding carboxylic acids is 1. The summed E-state index contributed by atoms with van der Waals surface area (Å²) in [4.78, 5) is 26.3. The molecule has 1 N–H and O–H groups in total. The number of anilines is 1. The minimum atomic E-state index is -0.0165. The van der Waals surface area contributed by atoms with E-state index in [1.807, 2.05) is 25.1 Å². The van der Waals surface area contributed by atoms with Gasteiger partial charge in [-0.1, -0.05) is 13.8 Å². The second kappa shape index (κ2) is 11.2. The summed E-state index contributed by atoms with van der Waals surface area (Å²) in [5, 5.41) is 2.99. The van der Waals surface area contributed by atoms with Gasteiger partial charge in [-0.15, -0.1) is 0 Å². The zero-order valence-electron chi connectivity index (χ0n) is 20.5. The van der Waals surface area contributed by atoms with Crippen molar-refractivity contribution in [2.24, 2.45) is 0 Å². The average Bonchev–Trinajstić information content (AvgIpc) is 2.81. The third kappa shape index (κ3) is 6.25. The molecule has 0 spiro atoms. The van der Waals surface area contributed by atoms with E-state index in [-0.39, 0.29) is 5.91 Å². The monoisotopic (exact) mass is 457 g/mol. The highest BCUT2D eigenvalue weighted by Gasteiger charge is 2.21. The van der Waals surface area contributed by atoms with Crippen LogP contribution in [0.4, 0.5) is 5.82 Å². The fraction of sp³-hybridized carbons (Fsp3) is 0.542. The fourth-order valence-electron chi connectivity index (χ4n) is 3.83. The van der Waals surface area contributed by atoms with E-state index in [1.165, 1.54) is 0 Å². The number of piperazine rings is 1. The zero-order chi connectivity index (χ0) is 24.0. The second-order valence-corrected chi connectivity index (χ2v) is 8.45. The van der Waals surface area contributed by atoms with Crippen LogP contribution in [0.2, 0.25) is 0 Å². The van der Waals surface area contributed by atoms with Crippen LogP contribution in [0.1, 0.15) is 36.8 Å². The predicted molar refractivity (Wildman–Crippen MR) is 127 cm³/mol. The Morgan fingerprint density at radius 2 is 1.64 bits per heavy atom. The molecule has 1 amide bonds. The third-order valence-corrected chi connectivity index (χ3v) is 5.65. The summed E-state index contributed by atoms with van der Waals surface area (Å²) >= 11 is 0. The first-order valence-electron chi connectivity index (χ1n) is 11.2. The van der Waals surface area contributed by atoms with Crippen molar-refractivity contribution < 1.29 is 19.0 Å². The van der Waals surface area contributed by atoms with Gasteiger partial charge in [0.15, 0.2) is 11.5 Å². The van der Waals surface area contributed by atoms with Gasteiger partial charge < -0.3 is 24.4 Å². The molecule has 3 rings (SSSR count). The van der Waals surface area contributed by atoms with E-state index in [1.54, 1.807) is 21.3 Å². The Hall–Kier alpha value is -3.07. The van der Waals surface area contributed by atoms with Crippen LogP contribution < -0.4 is 24.4 Å². The number of carbonyl (C=O) groups is 1. The van der Waals surface area contributed by atoms with Crippen molar-refractivity contribution in [1.82, 2.24) is 20.2 Å². The normalized spacial score (nSPS) is 14.3. The standard InChI is InChI=1S/C24H35N5O4/c1-16(2)24-26-17(3)11-21(27-24)29-9-7-28(8-10-29)15-22(30)25-14-18-12-19(31-4)23(33-6)20(13-18)32-5/h11-13,16H,7-10,14-15H2,1-6H3,(H,25,30). The quantitative estimate of drug-likeness (QED) is 0.614. The highest BCUT2D eigenvalue weighted by Crippen LogP contribution is 2.38. The first kappa shape index (κ1) is 24.6. The van der Waals surface area contributed by atoms with E-state index in [0.717, 1.165) is 49.1 Å². The molecule has 0 atom stereocenters. The molecular formula is C24H35N5O4. The van der Waals surface area contributed by atoms with E-state index in [9.17, 15) is 4.79 Å². The highest BCUT2D eigenvalue weighted by molar-refractivity contribution is 5.78. The molecule has 9 heteroatoms. The Kier molecular flexibility index (Phi) is 8.32. The van der Waals surface area contributed by atoms with Crippen molar-refractivity contribution >= 4 is 11.7 Å². The summed E-state index contributed by atoms with van der Waals surface area (Å²) in [6, 6.07) is 5.72. The molecule has 2 heterocycles. The molecule has 1 aromatic heterocycles. The van der Waals surface area contributed by atoms with E-state index >= 15 is 0 Å². The molecule has 1 aliphatic rings. The zero-order valence-corrected chi connectivity index (χ0v) is 20.5. The van der Waals surface area contributed by atoms with Gasteiger partial charge >= 0.3 is 0 Å². The van der Waals surface area contributed by atoms with Crippen molar-refractivity contribution in [3.63, 3.8) is 0 Å². The van der Waals surface area contributed by atoms with Gasteiger partial charge in [0.2, 0.25) is 11.7 Å². The second-order valence-electron chi connectivity index (χ2n) is 8.45. The van der Waals surface area contributed by atoms with Crippen LogP contribution in [0.3, 0.4) is 0 Å². The topological polar surface area (TPSA) is 89.1 Å². The number of hydrogen-bond donors (Lipinski definition) is 1. The van der Waals surface area contributed by atoms with E-state index in [0.29, 0.717) is 36.3 Å². The molecule has 1 fully saturated rings. The number of ether oxygens (including phenoxy) is 3. The maximum atomic E-state index is 12.6. The molecule has 0 radical (unpaired) electrons. The number of nitrogens with zero attached hydrogens (tertiary/aromatic N) is 4. The van der Waals surface area contributed by atoms with Crippen LogP contribution in [0.25, 0.3) is 0 Å². The Bertz CT molecular complexity index is 933. The average molecular weight is 458 g/mol. The lowest BCUT2D eigenvalue weighted by molar-refractivity contribution is -0.122. The summed E-state index contributed by atoms with van der Waals surface area (Å²) in [7, 11) is 4.72. The summed E-state index contributed by atoms with van der Waals surface area (Å²) in [5.41, 5.74) is 1.86. The van der Waals surface area contributed by atoms with Gasteiger partial charge in [-0.05, 0) is 24.6 Å². The highest BCUT2D eigenvalue weighted by atomic mass is 16.5. The molecule has 2 aromatic rings. The Morgan fingerprint density at radius 1 is 1.00 bits per heavy atom. The minimum Gasteiger partial charge on any atom is -0.493 e. The number of rotatable bonds is 9. The van der Waals surface area contributed by atoms with Gasteiger partial charge in [-0.2, -0.15) is 0 Å². The van der Waals surface area contributed by atoms with Gasteiger partial charge in [-0.3, -0.25) is 9.69 Å². The van der Waals surface area contributed by atoms with Gasteiger partial charge in [-0.25, -0.2) is 9.97 Å². The number of aryl methyl sites for hydroxylation is 1. The van der Waals surface area contributed by atoms with Crippen molar-refractivity contribution in [3.05, 3.63) is 35.3 Å². The van der Waals surface area contributed by atoms with Crippen LogP contribution >= 0.6 is 0 Å². The van der Waals surface area contributed by atoms with E-state index in [4.69, 9.17) is 19.2 Å². The third-order valence-electron chi connectivity index (χ3n) is 5.65. The largest absolute Gasteiger partial charge is 0.493 e. The lowest BCUT2D eigenvalue weighted by Crippen LogP contribution is -2.49. The molecule has 1 aliphatic heterocycles. The maximum Gasteiger partial charge on any atom is 0.234 e. The number of benzene rings is 1. The summed E-state index contributed by atoms with van der Waals surface area (Å²) in [6.07, 6.45) is 0. The van der Waals surface area contributed by atoms with Crippen molar-refractivity contribution in [1.29, 1.82) is 0 Å². The molecule has 180 valence electrons. The Balaban J connectivity index is 1.52. The summed E-state index contributed by atoms with van der Waals surface area (Å²) in [6.45, 7) is 10.2. The SMILES string of the molecule is COc1cc(CNC(=O)CN2CCN(c3cc(C)nc(C(C)C)n3)CC2)cc(OC)c1OC. The maximum absolute atomic E-state index is 12.6. The molecule has 9 nitrogen and oxygen atoms in total. The van der Waals surface area contributed by atoms with Gasteiger partial charge in [0.05, 0.1) is 27.9 Å². The van der Waals surface area contributed by atoms with Crippen molar-refractivity contribution in [3.8, 4) is 17.2 Å². The summed E-state index contributed by atoms with van der Waals surface area (Å²) in [5.74, 6) is 3.79. The predicted octanol–water partition coefficient (Wildman–Crippen LogP) is 2.37. The van der Waals surface area contributed by atoms with Gasteiger partial charge in [0, 0.05) is 50.4 Å². The van der Waals surface area contributed by atoms with Crippen LogP contribution in [0, 0.1) is 6.92 Å². The van der Waals surface area contributed by atoms with Gasteiger partial charge in [0.25, 0.3) is 0 Å². The molecule has 0 bridgehead atoms. The van der Waals surface area contributed by atoms with Crippen molar-refractivity contribution in [2.75, 3.05) is 59.0 Å².